The maximum absolute atomic E-state index is 12.6. The molecule has 0 spiro atoms. The molecule has 1 aromatic carbocycles. The van der Waals surface area contributed by atoms with Gasteiger partial charge in [0.15, 0.2) is 0 Å². The number of hydrogen-bond donors (Lipinski definition) is 3. The van der Waals surface area contributed by atoms with E-state index in [9.17, 15) is 19.5 Å². The van der Waals surface area contributed by atoms with Crippen LogP contribution in [0.25, 0.3) is 0 Å². The number of hydrogen-bond acceptors (Lipinski definition) is 3. The Morgan fingerprint density at radius 1 is 1.16 bits per heavy atom. The molecule has 136 valence electrons. The molecule has 25 heavy (non-hydrogen) atoms. The third-order valence-electron chi connectivity index (χ3n) is 4.84. The van der Waals surface area contributed by atoms with Crippen LogP contribution in [0.5, 0.6) is 0 Å². The van der Waals surface area contributed by atoms with Gasteiger partial charge in [0.2, 0.25) is 5.91 Å². The second kappa shape index (κ2) is 8.65. The van der Waals surface area contributed by atoms with Gasteiger partial charge in [0, 0.05) is 6.04 Å². The molecule has 1 saturated carbocycles. The van der Waals surface area contributed by atoms with Crippen LogP contribution in [0.15, 0.2) is 24.3 Å². The molecule has 3 N–H and O–H groups in total. The van der Waals surface area contributed by atoms with Gasteiger partial charge in [-0.25, -0.2) is 0 Å². The van der Waals surface area contributed by atoms with Crippen LogP contribution in [0.2, 0.25) is 0 Å². The van der Waals surface area contributed by atoms with E-state index in [-0.39, 0.29) is 17.9 Å². The third kappa shape index (κ3) is 4.81. The molecule has 0 unspecified atom stereocenters. The van der Waals surface area contributed by atoms with E-state index in [2.05, 4.69) is 10.6 Å². The first-order valence-corrected chi connectivity index (χ1v) is 8.87. The van der Waals surface area contributed by atoms with E-state index in [0.29, 0.717) is 24.1 Å². The first-order valence-electron chi connectivity index (χ1n) is 8.87. The molecule has 1 aliphatic rings. The van der Waals surface area contributed by atoms with Gasteiger partial charge in [-0.15, -0.1) is 0 Å². The number of rotatable bonds is 6. The lowest BCUT2D eigenvalue weighted by Crippen LogP contribution is -2.37. The van der Waals surface area contributed by atoms with Crippen molar-refractivity contribution in [2.45, 2.75) is 52.0 Å². The summed E-state index contributed by atoms with van der Waals surface area (Å²) in [5.74, 6) is -2.71. The molecule has 0 saturated heterocycles. The van der Waals surface area contributed by atoms with Crippen LogP contribution < -0.4 is 10.6 Å². The number of carbonyl (C=O) groups excluding carboxylic acids is 2. The van der Waals surface area contributed by atoms with Gasteiger partial charge in [-0.2, -0.15) is 0 Å². The molecule has 2 rings (SSSR count). The maximum Gasteiger partial charge on any atom is 0.307 e. The van der Waals surface area contributed by atoms with E-state index in [1.165, 1.54) is 0 Å². The zero-order chi connectivity index (χ0) is 18.4. The minimum atomic E-state index is -0.928. The van der Waals surface area contributed by atoms with Gasteiger partial charge in [-0.05, 0) is 38.3 Å². The van der Waals surface area contributed by atoms with Gasteiger partial charge in [-0.3, -0.25) is 14.4 Å². The number of anilines is 1. The lowest BCUT2D eigenvalue weighted by Gasteiger charge is -2.27. The fraction of sp³-hybridized carbons (Fsp3) is 0.526. The zero-order valence-electron chi connectivity index (χ0n) is 14.7. The fourth-order valence-corrected chi connectivity index (χ4v) is 3.16. The molecular weight excluding hydrogens is 320 g/mol. The third-order valence-corrected chi connectivity index (χ3v) is 4.84. The molecular formula is C19H26N2O4. The quantitative estimate of drug-likeness (QED) is 0.738. The average molecular weight is 346 g/mol. The van der Waals surface area contributed by atoms with Crippen LogP contribution in [-0.4, -0.2) is 28.9 Å². The molecule has 1 fully saturated rings. The Morgan fingerprint density at radius 3 is 2.44 bits per heavy atom. The second-order valence-electron chi connectivity index (χ2n) is 6.65. The summed E-state index contributed by atoms with van der Waals surface area (Å²) in [6.45, 7) is 3.90. The SMILES string of the molecule is CC[C@@H](C)NC(=O)c1ccccc1NC(=O)[C@@H]1CCCC[C@@H]1C(=O)O. The highest BCUT2D eigenvalue weighted by Gasteiger charge is 2.36. The maximum atomic E-state index is 12.6. The molecule has 0 aromatic heterocycles. The highest BCUT2D eigenvalue weighted by molar-refractivity contribution is 6.04. The Morgan fingerprint density at radius 2 is 1.80 bits per heavy atom. The number of aliphatic carboxylic acids is 1. The molecule has 2 amide bonds. The van der Waals surface area contributed by atoms with E-state index < -0.39 is 17.8 Å². The Bertz CT molecular complexity index is 644. The summed E-state index contributed by atoms with van der Waals surface area (Å²) in [6, 6.07) is 6.84. The topological polar surface area (TPSA) is 95.5 Å². The van der Waals surface area contributed by atoms with Gasteiger partial charge in [-0.1, -0.05) is 31.9 Å². The van der Waals surface area contributed by atoms with E-state index in [1.807, 2.05) is 13.8 Å². The lowest BCUT2D eigenvalue weighted by atomic mass is 9.78. The number of amides is 2. The molecule has 6 nitrogen and oxygen atoms in total. The average Bonchev–Trinajstić information content (AvgIpc) is 2.61. The number of para-hydroxylation sites is 1. The highest BCUT2D eigenvalue weighted by atomic mass is 16.4. The molecule has 0 heterocycles. The Hall–Kier alpha value is -2.37. The van der Waals surface area contributed by atoms with Crippen molar-refractivity contribution in [2.24, 2.45) is 11.8 Å². The summed E-state index contributed by atoms with van der Waals surface area (Å²) >= 11 is 0. The highest BCUT2D eigenvalue weighted by Crippen LogP contribution is 2.31. The summed E-state index contributed by atoms with van der Waals surface area (Å²) in [5, 5.41) is 15.0. The summed E-state index contributed by atoms with van der Waals surface area (Å²) in [5.41, 5.74) is 0.807. The summed E-state index contributed by atoms with van der Waals surface area (Å²) in [4.78, 5) is 36.4. The molecule has 0 aliphatic heterocycles. The van der Waals surface area contributed by atoms with E-state index >= 15 is 0 Å². The summed E-state index contributed by atoms with van der Waals surface area (Å²) < 4.78 is 0. The minimum Gasteiger partial charge on any atom is -0.481 e. The number of benzene rings is 1. The van der Waals surface area contributed by atoms with Crippen LogP contribution >= 0.6 is 0 Å². The molecule has 3 atom stereocenters. The number of nitrogens with one attached hydrogen (secondary N) is 2. The summed E-state index contributed by atoms with van der Waals surface area (Å²) in [7, 11) is 0. The van der Waals surface area contributed by atoms with Crippen LogP contribution in [0.3, 0.4) is 0 Å². The normalized spacial score (nSPS) is 21.2. The fourth-order valence-electron chi connectivity index (χ4n) is 3.16. The van der Waals surface area contributed by atoms with Crippen molar-refractivity contribution >= 4 is 23.5 Å². The minimum absolute atomic E-state index is 0.0333. The predicted octanol–water partition coefficient (Wildman–Crippen LogP) is 3.04. The van der Waals surface area contributed by atoms with Crippen molar-refractivity contribution in [3.05, 3.63) is 29.8 Å². The van der Waals surface area contributed by atoms with Gasteiger partial charge in [0.05, 0.1) is 23.1 Å². The Labute approximate surface area is 148 Å². The molecule has 6 heteroatoms. The van der Waals surface area contributed by atoms with Crippen LogP contribution in [0, 0.1) is 11.8 Å². The van der Waals surface area contributed by atoms with Crippen molar-refractivity contribution in [1.82, 2.24) is 5.32 Å². The largest absolute Gasteiger partial charge is 0.481 e. The molecule has 0 bridgehead atoms. The van der Waals surface area contributed by atoms with Crippen LogP contribution in [0.4, 0.5) is 5.69 Å². The van der Waals surface area contributed by atoms with E-state index in [0.717, 1.165) is 19.3 Å². The van der Waals surface area contributed by atoms with Crippen LogP contribution in [-0.2, 0) is 9.59 Å². The van der Waals surface area contributed by atoms with Crippen molar-refractivity contribution in [1.29, 1.82) is 0 Å². The van der Waals surface area contributed by atoms with Crippen molar-refractivity contribution in [3.63, 3.8) is 0 Å². The van der Waals surface area contributed by atoms with Gasteiger partial charge >= 0.3 is 5.97 Å². The van der Waals surface area contributed by atoms with Gasteiger partial charge in [0.1, 0.15) is 0 Å². The number of carboxylic acid groups (broad SMARTS) is 1. The molecule has 0 radical (unpaired) electrons. The molecule has 1 aromatic rings. The smallest absolute Gasteiger partial charge is 0.307 e. The van der Waals surface area contributed by atoms with Crippen molar-refractivity contribution in [2.75, 3.05) is 5.32 Å². The first kappa shape index (κ1) is 19.0. The van der Waals surface area contributed by atoms with Crippen molar-refractivity contribution in [3.8, 4) is 0 Å². The van der Waals surface area contributed by atoms with Gasteiger partial charge < -0.3 is 15.7 Å². The summed E-state index contributed by atoms with van der Waals surface area (Å²) in [6.07, 6.45) is 3.56. The number of carbonyl (C=O) groups is 3. The van der Waals surface area contributed by atoms with Crippen molar-refractivity contribution < 1.29 is 19.5 Å². The predicted molar refractivity (Wildman–Crippen MR) is 95.4 cm³/mol. The number of carboxylic acids is 1. The standard InChI is InChI=1S/C19H26N2O4/c1-3-12(2)20-18(23)15-10-6-7-11-16(15)21-17(22)13-8-4-5-9-14(13)19(24)25/h6-7,10-14H,3-5,8-9H2,1-2H3,(H,20,23)(H,21,22)(H,24,25)/t12-,13-,14+/m1/s1. The second-order valence-corrected chi connectivity index (χ2v) is 6.65. The van der Waals surface area contributed by atoms with E-state index in [1.54, 1.807) is 24.3 Å². The molecule has 1 aliphatic carbocycles. The first-order chi connectivity index (χ1) is 11.9. The van der Waals surface area contributed by atoms with Crippen LogP contribution in [0.1, 0.15) is 56.3 Å². The zero-order valence-corrected chi connectivity index (χ0v) is 14.7. The monoisotopic (exact) mass is 346 g/mol. The lowest BCUT2D eigenvalue weighted by molar-refractivity contribution is -0.147. The van der Waals surface area contributed by atoms with E-state index in [4.69, 9.17) is 0 Å². The Balaban J connectivity index is 2.15. The Kier molecular flexibility index (Phi) is 6.56. The van der Waals surface area contributed by atoms with Gasteiger partial charge in [0.25, 0.3) is 5.91 Å².